The summed E-state index contributed by atoms with van der Waals surface area (Å²) >= 11 is 2.04. The van der Waals surface area contributed by atoms with Crippen LogP contribution in [0.5, 0.6) is 0 Å². The highest BCUT2D eigenvalue weighted by Crippen LogP contribution is 2.09. The topological polar surface area (TPSA) is 8.81 Å². The molecule has 1 heterocycles. The fraction of sp³-hybridized carbons (Fsp3) is 0.786. The second-order valence-corrected chi connectivity index (χ2v) is 5.64. The Morgan fingerprint density at radius 3 is 2.53 bits per heavy atom. The molecule has 0 saturated heterocycles. The summed E-state index contributed by atoms with van der Waals surface area (Å²) in [6.07, 6.45) is 14.9. The van der Waals surface area contributed by atoms with E-state index in [0.29, 0.717) is 0 Å². The van der Waals surface area contributed by atoms with Gasteiger partial charge in [-0.05, 0) is 19.1 Å². The Hall–Kier alpha value is -0.440. The second-order valence-electron chi connectivity index (χ2n) is 4.56. The van der Waals surface area contributed by atoms with Crippen LogP contribution in [0.4, 0.5) is 0 Å². The Morgan fingerprint density at radius 1 is 1.06 bits per heavy atom. The summed E-state index contributed by atoms with van der Waals surface area (Å²) in [5, 5.41) is 0. The molecule has 0 unspecified atom stereocenters. The minimum absolute atomic E-state index is 1.06. The zero-order valence-electron chi connectivity index (χ0n) is 11.4. The van der Waals surface area contributed by atoms with E-state index in [4.69, 9.17) is 0 Å². The Kier molecular flexibility index (Phi) is 8.24. The van der Waals surface area contributed by atoms with Gasteiger partial charge in [-0.2, -0.15) is 0 Å². The quantitative estimate of drug-likeness (QED) is 0.456. The van der Waals surface area contributed by atoms with Crippen molar-refractivity contribution in [2.45, 2.75) is 64.8 Å². The molecule has 0 aromatic carbocycles. The SMILES string of the molecule is CCCCCCCCSC[n+]1ccn(CC)c1. The van der Waals surface area contributed by atoms with Gasteiger partial charge >= 0.3 is 0 Å². The molecule has 3 heteroatoms. The predicted octanol–water partition coefficient (Wildman–Crippen LogP) is 3.85. The summed E-state index contributed by atoms with van der Waals surface area (Å²) in [6, 6.07) is 0. The summed E-state index contributed by atoms with van der Waals surface area (Å²) in [4.78, 5) is 0. The molecule has 0 bridgehead atoms. The van der Waals surface area contributed by atoms with E-state index in [1.165, 1.54) is 44.3 Å². The van der Waals surface area contributed by atoms with Crippen molar-refractivity contribution in [3.63, 3.8) is 0 Å². The largest absolute Gasteiger partial charge is 0.244 e. The van der Waals surface area contributed by atoms with Crippen LogP contribution in [0.3, 0.4) is 0 Å². The summed E-state index contributed by atoms with van der Waals surface area (Å²) in [5.41, 5.74) is 0. The first kappa shape index (κ1) is 14.6. The highest BCUT2D eigenvalue weighted by atomic mass is 32.2. The molecule has 0 aliphatic heterocycles. The Bertz CT molecular complexity index is 284. The van der Waals surface area contributed by atoms with Crippen LogP contribution in [0.25, 0.3) is 0 Å². The van der Waals surface area contributed by atoms with Crippen molar-refractivity contribution in [3.8, 4) is 0 Å². The van der Waals surface area contributed by atoms with Crippen molar-refractivity contribution < 1.29 is 4.57 Å². The fourth-order valence-electron chi connectivity index (χ4n) is 1.86. The van der Waals surface area contributed by atoms with E-state index in [0.717, 1.165) is 12.4 Å². The smallest absolute Gasteiger partial charge is 0.237 e. The van der Waals surface area contributed by atoms with Crippen molar-refractivity contribution in [1.82, 2.24) is 4.57 Å². The lowest BCUT2D eigenvalue weighted by atomic mass is 10.1. The molecule has 0 aliphatic carbocycles. The molecule has 0 spiro atoms. The Morgan fingerprint density at radius 2 is 1.82 bits per heavy atom. The van der Waals surface area contributed by atoms with Gasteiger partial charge in [0.2, 0.25) is 6.33 Å². The van der Waals surface area contributed by atoms with E-state index in [2.05, 4.69) is 41.7 Å². The number of nitrogens with zero attached hydrogens (tertiary/aromatic N) is 2. The highest BCUT2D eigenvalue weighted by Gasteiger charge is 2.00. The van der Waals surface area contributed by atoms with Crippen molar-refractivity contribution in [2.24, 2.45) is 0 Å². The average molecular weight is 255 g/mol. The third-order valence-electron chi connectivity index (χ3n) is 2.99. The number of thioether (sulfide) groups is 1. The van der Waals surface area contributed by atoms with Gasteiger partial charge in [0.1, 0.15) is 18.3 Å². The lowest BCUT2D eigenvalue weighted by molar-refractivity contribution is -0.675. The second kappa shape index (κ2) is 9.58. The van der Waals surface area contributed by atoms with E-state index in [-0.39, 0.29) is 0 Å². The molecule has 2 nitrogen and oxygen atoms in total. The normalized spacial score (nSPS) is 10.9. The molecule has 1 aromatic heterocycles. The van der Waals surface area contributed by atoms with E-state index < -0.39 is 0 Å². The van der Waals surface area contributed by atoms with Gasteiger partial charge in [-0.15, -0.1) is 11.8 Å². The molecule has 1 aromatic rings. The Balaban J connectivity index is 1.93. The third-order valence-corrected chi connectivity index (χ3v) is 4.05. The molecule has 0 N–H and O–H groups in total. The summed E-state index contributed by atoms with van der Waals surface area (Å²) in [6.45, 7) is 5.51. The monoisotopic (exact) mass is 255 g/mol. The number of imidazole rings is 1. The number of unbranched alkanes of at least 4 members (excludes halogenated alkanes) is 5. The van der Waals surface area contributed by atoms with Crippen LogP contribution in [0.2, 0.25) is 0 Å². The molecular formula is C14H27N2S+. The standard InChI is InChI=1S/C14H27N2S/c1-3-5-6-7-8-9-12-17-14-16-11-10-15(4-2)13-16/h10-11,13H,3-9,12,14H2,1-2H3/q+1. The van der Waals surface area contributed by atoms with Gasteiger partial charge in [0, 0.05) is 0 Å². The van der Waals surface area contributed by atoms with Crippen molar-refractivity contribution in [2.75, 3.05) is 5.75 Å². The average Bonchev–Trinajstić information content (AvgIpc) is 2.80. The highest BCUT2D eigenvalue weighted by molar-refractivity contribution is 7.98. The van der Waals surface area contributed by atoms with Crippen LogP contribution in [0.1, 0.15) is 52.4 Å². The zero-order chi connectivity index (χ0) is 12.3. The van der Waals surface area contributed by atoms with E-state index in [1.807, 2.05) is 11.8 Å². The van der Waals surface area contributed by atoms with E-state index >= 15 is 0 Å². The molecule has 0 radical (unpaired) electrons. The van der Waals surface area contributed by atoms with Gasteiger partial charge in [-0.3, -0.25) is 0 Å². The van der Waals surface area contributed by atoms with Crippen molar-refractivity contribution in [3.05, 3.63) is 18.7 Å². The minimum atomic E-state index is 1.06. The first-order valence-electron chi connectivity index (χ1n) is 6.99. The molecule has 0 aliphatic rings. The van der Waals surface area contributed by atoms with Gasteiger partial charge in [0.15, 0.2) is 0 Å². The molecule has 98 valence electrons. The maximum Gasteiger partial charge on any atom is 0.244 e. The first-order valence-corrected chi connectivity index (χ1v) is 8.14. The fourth-order valence-corrected chi connectivity index (χ4v) is 2.76. The van der Waals surface area contributed by atoms with Crippen molar-refractivity contribution in [1.29, 1.82) is 0 Å². The summed E-state index contributed by atoms with van der Waals surface area (Å²) in [5.74, 6) is 2.40. The summed E-state index contributed by atoms with van der Waals surface area (Å²) in [7, 11) is 0. The van der Waals surface area contributed by atoms with Crippen LogP contribution in [0.15, 0.2) is 18.7 Å². The number of aromatic nitrogens is 2. The molecule has 17 heavy (non-hydrogen) atoms. The van der Waals surface area contributed by atoms with Gasteiger partial charge in [-0.1, -0.05) is 39.0 Å². The predicted molar refractivity (Wildman–Crippen MR) is 76.1 cm³/mol. The van der Waals surface area contributed by atoms with Crippen LogP contribution in [-0.4, -0.2) is 10.3 Å². The number of hydrogen-bond donors (Lipinski definition) is 0. The van der Waals surface area contributed by atoms with Crippen LogP contribution >= 0.6 is 11.8 Å². The maximum atomic E-state index is 2.27. The van der Waals surface area contributed by atoms with Gasteiger partial charge < -0.3 is 0 Å². The number of aryl methyl sites for hydroxylation is 1. The zero-order valence-corrected chi connectivity index (χ0v) is 12.2. The molecular weight excluding hydrogens is 228 g/mol. The molecule has 0 fully saturated rings. The van der Waals surface area contributed by atoms with Crippen LogP contribution in [0, 0.1) is 0 Å². The molecule has 0 saturated carbocycles. The van der Waals surface area contributed by atoms with Crippen LogP contribution < -0.4 is 4.57 Å². The molecule has 0 amide bonds. The molecule has 1 rings (SSSR count). The van der Waals surface area contributed by atoms with E-state index in [9.17, 15) is 0 Å². The number of hydrogen-bond acceptors (Lipinski definition) is 1. The first-order chi connectivity index (χ1) is 8.36. The van der Waals surface area contributed by atoms with Gasteiger partial charge in [-0.25, -0.2) is 9.13 Å². The lowest BCUT2D eigenvalue weighted by Gasteiger charge is -2.00. The number of rotatable bonds is 10. The minimum Gasteiger partial charge on any atom is -0.237 e. The Labute approximate surface area is 110 Å². The van der Waals surface area contributed by atoms with Gasteiger partial charge in [0.05, 0.1) is 6.54 Å². The van der Waals surface area contributed by atoms with Crippen LogP contribution in [-0.2, 0) is 12.4 Å². The van der Waals surface area contributed by atoms with Crippen molar-refractivity contribution >= 4 is 11.8 Å². The third kappa shape index (κ3) is 6.77. The maximum absolute atomic E-state index is 2.27. The lowest BCUT2D eigenvalue weighted by Crippen LogP contribution is -2.29. The van der Waals surface area contributed by atoms with Gasteiger partial charge in [0.25, 0.3) is 0 Å². The van der Waals surface area contributed by atoms with E-state index in [1.54, 1.807) is 0 Å². The summed E-state index contributed by atoms with van der Waals surface area (Å²) < 4.78 is 4.48. The molecule has 0 atom stereocenters.